The molecule has 0 aliphatic carbocycles. The molecule has 0 aliphatic heterocycles. The van der Waals surface area contributed by atoms with Crippen molar-refractivity contribution in [2.75, 3.05) is 12.4 Å². The van der Waals surface area contributed by atoms with Gasteiger partial charge in [-0.2, -0.15) is 0 Å². The number of amides is 1. The Kier molecular flexibility index (Phi) is 7.56. The molecule has 0 spiro atoms. The van der Waals surface area contributed by atoms with E-state index in [4.69, 9.17) is 15.2 Å². The van der Waals surface area contributed by atoms with E-state index < -0.39 is 11.9 Å². The van der Waals surface area contributed by atoms with Crippen LogP contribution < -0.4 is 10.5 Å². The number of hydrogen-bond acceptors (Lipinski definition) is 7. The highest BCUT2D eigenvalue weighted by molar-refractivity contribution is 7.99. The van der Waals surface area contributed by atoms with E-state index in [0.717, 1.165) is 16.8 Å². The van der Waals surface area contributed by atoms with Crippen molar-refractivity contribution in [2.24, 2.45) is 5.73 Å². The van der Waals surface area contributed by atoms with Crippen LogP contribution >= 0.6 is 11.8 Å². The van der Waals surface area contributed by atoms with Gasteiger partial charge in [0.25, 0.3) is 5.91 Å². The molecule has 0 fully saturated rings. The highest BCUT2D eigenvalue weighted by Gasteiger charge is 2.17. The second-order valence-electron chi connectivity index (χ2n) is 7.19. The van der Waals surface area contributed by atoms with Gasteiger partial charge in [0.1, 0.15) is 12.4 Å². The number of nitrogens with zero attached hydrogens (tertiary/aromatic N) is 3. The summed E-state index contributed by atoms with van der Waals surface area (Å²) in [4.78, 5) is 23.3. The number of carbonyl (C=O) groups excluding carboxylic acids is 2. The van der Waals surface area contributed by atoms with Crippen molar-refractivity contribution in [2.45, 2.75) is 11.8 Å². The predicted molar refractivity (Wildman–Crippen MR) is 128 cm³/mol. The molecule has 0 saturated carbocycles. The molecule has 0 atom stereocenters. The number of hydrogen-bond donors (Lipinski definition) is 1. The highest BCUT2D eigenvalue weighted by Crippen LogP contribution is 2.28. The SMILES string of the molecule is NC(=O)COc1cccc(COC(=O)CSc2nnc(-c3ccccc3)n2-c2ccccc2)c1. The number of rotatable bonds is 10. The van der Waals surface area contributed by atoms with Gasteiger partial charge < -0.3 is 15.2 Å². The van der Waals surface area contributed by atoms with Crippen molar-refractivity contribution < 1.29 is 19.1 Å². The Morgan fingerprint density at radius 3 is 2.38 bits per heavy atom. The fourth-order valence-corrected chi connectivity index (χ4v) is 3.91. The molecule has 3 aromatic carbocycles. The zero-order chi connectivity index (χ0) is 23.8. The van der Waals surface area contributed by atoms with Gasteiger partial charge in [-0.3, -0.25) is 14.2 Å². The summed E-state index contributed by atoms with van der Waals surface area (Å²) >= 11 is 1.25. The average Bonchev–Trinajstić information content (AvgIpc) is 3.30. The number of ether oxygens (including phenoxy) is 2. The van der Waals surface area contributed by atoms with Gasteiger partial charge in [0.2, 0.25) is 0 Å². The first-order valence-electron chi connectivity index (χ1n) is 10.4. The number of primary amides is 1. The van der Waals surface area contributed by atoms with E-state index in [1.165, 1.54) is 11.8 Å². The summed E-state index contributed by atoms with van der Waals surface area (Å²) in [5.74, 6) is 0.281. The Hall–Kier alpha value is -4.11. The molecule has 2 N–H and O–H groups in total. The minimum absolute atomic E-state index is 0.0671. The Balaban J connectivity index is 1.42. The molecule has 1 amide bonds. The van der Waals surface area contributed by atoms with E-state index in [1.807, 2.05) is 65.2 Å². The maximum Gasteiger partial charge on any atom is 0.316 e. The maximum atomic E-state index is 12.4. The Labute approximate surface area is 200 Å². The van der Waals surface area contributed by atoms with Crippen LogP contribution in [0.1, 0.15) is 5.56 Å². The van der Waals surface area contributed by atoms with E-state index in [9.17, 15) is 9.59 Å². The number of nitrogens with two attached hydrogens (primary N) is 1. The van der Waals surface area contributed by atoms with Gasteiger partial charge in [-0.1, -0.05) is 72.4 Å². The first kappa shape index (κ1) is 23.1. The van der Waals surface area contributed by atoms with Crippen LogP contribution in [0, 0.1) is 0 Å². The zero-order valence-electron chi connectivity index (χ0n) is 18.2. The van der Waals surface area contributed by atoms with Crippen molar-refractivity contribution in [3.05, 3.63) is 90.5 Å². The molecule has 9 heteroatoms. The van der Waals surface area contributed by atoms with Crippen LogP contribution in [0.3, 0.4) is 0 Å². The molecule has 0 aliphatic rings. The third-order valence-corrected chi connectivity index (χ3v) is 5.58. The molecule has 0 bridgehead atoms. The van der Waals surface area contributed by atoms with E-state index >= 15 is 0 Å². The summed E-state index contributed by atoms with van der Waals surface area (Å²) < 4.78 is 12.6. The molecule has 0 unspecified atom stereocenters. The van der Waals surface area contributed by atoms with E-state index in [0.29, 0.717) is 16.7 Å². The van der Waals surface area contributed by atoms with Crippen molar-refractivity contribution >= 4 is 23.6 Å². The first-order valence-corrected chi connectivity index (χ1v) is 11.4. The number of aromatic nitrogens is 3. The molecule has 1 aromatic heterocycles. The number of carbonyl (C=O) groups is 2. The molecule has 0 saturated heterocycles. The van der Waals surface area contributed by atoms with Gasteiger partial charge in [-0.15, -0.1) is 10.2 Å². The Morgan fingerprint density at radius 2 is 1.65 bits per heavy atom. The van der Waals surface area contributed by atoms with E-state index in [1.54, 1.807) is 24.3 Å². The van der Waals surface area contributed by atoms with Crippen molar-refractivity contribution in [3.63, 3.8) is 0 Å². The zero-order valence-corrected chi connectivity index (χ0v) is 19.0. The lowest BCUT2D eigenvalue weighted by molar-refractivity contribution is -0.141. The van der Waals surface area contributed by atoms with Crippen LogP contribution in [0.15, 0.2) is 90.1 Å². The molecule has 0 radical (unpaired) electrons. The van der Waals surface area contributed by atoms with Gasteiger partial charge >= 0.3 is 5.97 Å². The second kappa shape index (κ2) is 11.2. The Morgan fingerprint density at radius 1 is 0.912 bits per heavy atom. The van der Waals surface area contributed by atoms with Crippen molar-refractivity contribution in [3.8, 4) is 22.8 Å². The van der Waals surface area contributed by atoms with Gasteiger partial charge in [-0.05, 0) is 29.8 Å². The van der Waals surface area contributed by atoms with E-state index in [2.05, 4.69) is 10.2 Å². The summed E-state index contributed by atoms with van der Waals surface area (Å²) in [6.45, 7) is -0.138. The van der Waals surface area contributed by atoms with E-state index in [-0.39, 0.29) is 19.0 Å². The number of esters is 1. The van der Waals surface area contributed by atoms with Gasteiger partial charge in [0.05, 0.1) is 5.75 Å². The minimum Gasteiger partial charge on any atom is -0.484 e. The van der Waals surface area contributed by atoms with Crippen LogP contribution in [0.25, 0.3) is 17.1 Å². The minimum atomic E-state index is -0.562. The molecule has 8 nitrogen and oxygen atoms in total. The lowest BCUT2D eigenvalue weighted by atomic mass is 10.2. The smallest absolute Gasteiger partial charge is 0.316 e. The second-order valence-corrected chi connectivity index (χ2v) is 8.14. The van der Waals surface area contributed by atoms with Crippen LogP contribution in [0.5, 0.6) is 5.75 Å². The predicted octanol–water partition coefficient (Wildman–Crippen LogP) is 3.63. The third-order valence-electron chi connectivity index (χ3n) is 4.68. The molecule has 4 aromatic rings. The fraction of sp³-hybridized carbons (Fsp3) is 0.120. The normalized spacial score (nSPS) is 10.6. The molecule has 4 rings (SSSR count). The summed E-state index contributed by atoms with van der Waals surface area (Å²) in [5, 5.41) is 9.27. The average molecular weight is 475 g/mol. The summed E-state index contributed by atoms with van der Waals surface area (Å²) in [5.41, 5.74) is 7.65. The lowest BCUT2D eigenvalue weighted by Crippen LogP contribution is -2.20. The number of thioether (sulfide) groups is 1. The summed E-state index contributed by atoms with van der Waals surface area (Å²) in [6, 6.07) is 26.4. The van der Waals surface area contributed by atoms with Crippen LogP contribution in [0.2, 0.25) is 0 Å². The molecule has 34 heavy (non-hydrogen) atoms. The summed E-state index contributed by atoms with van der Waals surface area (Å²) in [7, 11) is 0. The van der Waals surface area contributed by atoms with Crippen molar-refractivity contribution in [1.82, 2.24) is 14.8 Å². The van der Waals surface area contributed by atoms with Gasteiger partial charge in [0.15, 0.2) is 17.6 Å². The first-order chi connectivity index (χ1) is 16.6. The highest BCUT2D eigenvalue weighted by atomic mass is 32.2. The quantitative estimate of drug-likeness (QED) is 0.276. The lowest BCUT2D eigenvalue weighted by Gasteiger charge is -2.10. The fourth-order valence-electron chi connectivity index (χ4n) is 3.16. The van der Waals surface area contributed by atoms with Crippen molar-refractivity contribution in [1.29, 1.82) is 0 Å². The van der Waals surface area contributed by atoms with Gasteiger partial charge in [-0.25, -0.2) is 0 Å². The molecule has 172 valence electrons. The molecular weight excluding hydrogens is 452 g/mol. The molecule has 1 heterocycles. The summed E-state index contributed by atoms with van der Waals surface area (Å²) in [6.07, 6.45) is 0. The monoisotopic (exact) mass is 474 g/mol. The van der Waals surface area contributed by atoms with Crippen LogP contribution in [0.4, 0.5) is 0 Å². The topological polar surface area (TPSA) is 109 Å². The number of para-hydroxylation sites is 1. The molecular formula is C25H22N4O4S. The van der Waals surface area contributed by atoms with Crippen LogP contribution in [-0.2, 0) is 20.9 Å². The number of benzene rings is 3. The third kappa shape index (κ3) is 6.02. The largest absolute Gasteiger partial charge is 0.484 e. The Bertz CT molecular complexity index is 1260. The van der Waals surface area contributed by atoms with Gasteiger partial charge in [0, 0.05) is 11.3 Å². The maximum absolute atomic E-state index is 12.4. The van der Waals surface area contributed by atoms with Crippen LogP contribution in [-0.4, -0.2) is 39.0 Å². The standard InChI is InChI=1S/C25H22N4O4S/c26-22(30)16-32-21-13-7-8-18(14-21)15-33-23(31)17-34-25-28-27-24(19-9-3-1-4-10-19)29(25)20-11-5-2-6-12-20/h1-14H,15-17H2,(H2,26,30).